The summed E-state index contributed by atoms with van der Waals surface area (Å²) >= 11 is 0. The molecule has 0 radical (unpaired) electrons. The quantitative estimate of drug-likeness (QED) is 0.310. The average Bonchev–Trinajstić information content (AvgIpc) is 2.77. The number of morpholine rings is 1. The van der Waals surface area contributed by atoms with Gasteiger partial charge in [-0.15, -0.1) is 0 Å². The van der Waals surface area contributed by atoms with E-state index in [0.29, 0.717) is 26.2 Å². The second kappa shape index (κ2) is 13.6. The van der Waals surface area contributed by atoms with Gasteiger partial charge < -0.3 is 29.5 Å². The number of phenols is 2. The molecule has 7 nitrogen and oxygen atoms in total. The Kier molecular flexibility index (Phi) is 11.1. The fourth-order valence-electron chi connectivity index (χ4n) is 4.05. The summed E-state index contributed by atoms with van der Waals surface area (Å²) in [6, 6.07) is 0. The molecule has 0 bridgehead atoms. The summed E-state index contributed by atoms with van der Waals surface area (Å²) < 4.78 is 16.1. The molecule has 172 valence electrons. The summed E-state index contributed by atoms with van der Waals surface area (Å²) in [6.45, 7) is 3.77. The molecule has 1 saturated heterocycles. The molecule has 0 aromatic heterocycles. The monoisotopic (exact) mass is 425 g/mol. The van der Waals surface area contributed by atoms with E-state index in [1.807, 2.05) is 0 Å². The number of hydrogen-bond donors (Lipinski definition) is 3. The van der Waals surface area contributed by atoms with E-state index in [1.54, 1.807) is 0 Å². The zero-order valence-electron chi connectivity index (χ0n) is 18.6. The van der Waals surface area contributed by atoms with Crippen LogP contribution >= 0.6 is 0 Å². The molecule has 0 aliphatic carbocycles. The number of methoxy groups -OCH3 is 2. The van der Waals surface area contributed by atoms with Gasteiger partial charge in [-0.1, -0.05) is 38.5 Å². The average molecular weight is 426 g/mol. The van der Waals surface area contributed by atoms with Gasteiger partial charge in [0.25, 0.3) is 0 Å². The lowest BCUT2D eigenvalue weighted by Gasteiger charge is -2.28. The SMILES string of the molecule is COc1c(O)c(CCCCCCCCCCO)c(CN2CCOCC2)c(O)c1OC. The van der Waals surface area contributed by atoms with E-state index in [1.165, 1.54) is 33.5 Å². The van der Waals surface area contributed by atoms with E-state index in [0.717, 1.165) is 56.3 Å². The molecule has 1 aliphatic rings. The van der Waals surface area contributed by atoms with Crippen LogP contribution in [0.25, 0.3) is 0 Å². The van der Waals surface area contributed by atoms with Gasteiger partial charge in [-0.25, -0.2) is 0 Å². The van der Waals surface area contributed by atoms with Gasteiger partial charge in [-0.05, 0) is 19.3 Å². The lowest BCUT2D eigenvalue weighted by molar-refractivity contribution is 0.0336. The molecule has 0 unspecified atom stereocenters. The van der Waals surface area contributed by atoms with E-state index in [9.17, 15) is 10.2 Å². The lowest BCUT2D eigenvalue weighted by Crippen LogP contribution is -2.36. The highest BCUT2D eigenvalue weighted by Gasteiger charge is 2.26. The zero-order valence-corrected chi connectivity index (χ0v) is 18.6. The molecule has 0 amide bonds. The molecule has 1 aliphatic heterocycles. The van der Waals surface area contributed by atoms with Crippen LogP contribution in [0.1, 0.15) is 62.5 Å². The van der Waals surface area contributed by atoms with Gasteiger partial charge >= 0.3 is 0 Å². The highest BCUT2D eigenvalue weighted by Crippen LogP contribution is 2.49. The van der Waals surface area contributed by atoms with Crippen molar-refractivity contribution in [3.05, 3.63) is 11.1 Å². The minimum Gasteiger partial charge on any atom is -0.504 e. The van der Waals surface area contributed by atoms with Crippen molar-refractivity contribution in [1.29, 1.82) is 0 Å². The summed E-state index contributed by atoms with van der Waals surface area (Å²) in [7, 11) is 2.94. The highest BCUT2D eigenvalue weighted by molar-refractivity contribution is 5.66. The molecule has 7 heteroatoms. The van der Waals surface area contributed by atoms with E-state index in [2.05, 4.69) is 4.90 Å². The Morgan fingerprint density at radius 1 is 0.767 bits per heavy atom. The van der Waals surface area contributed by atoms with Crippen LogP contribution < -0.4 is 9.47 Å². The first-order valence-corrected chi connectivity index (χ1v) is 11.2. The van der Waals surface area contributed by atoms with Crippen LogP contribution in [0, 0.1) is 0 Å². The number of benzene rings is 1. The molecule has 3 N–H and O–H groups in total. The Morgan fingerprint density at radius 3 is 1.80 bits per heavy atom. The standard InChI is InChI=1S/C23H39NO6/c1-28-22-20(26)18(11-9-7-5-3-4-6-8-10-14-25)19(21(27)23(22)29-2)17-24-12-15-30-16-13-24/h25-27H,3-17H2,1-2H3. The number of nitrogens with zero attached hydrogens (tertiary/aromatic N) is 1. The second-order valence-corrected chi connectivity index (χ2v) is 7.91. The van der Waals surface area contributed by atoms with Crippen molar-refractivity contribution < 1.29 is 29.5 Å². The van der Waals surface area contributed by atoms with Crippen molar-refractivity contribution >= 4 is 0 Å². The van der Waals surface area contributed by atoms with Crippen molar-refractivity contribution in [3.8, 4) is 23.0 Å². The molecular weight excluding hydrogens is 386 g/mol. The fraction of sp³-hybridized carbons (Fsp3) is 0.739. The van der Waals surface area contributed by atoms with Crippen molar-refractivity contribution in [3.63, 3.8) is 0 Å². The summed E-state index contributed by atoms with van der Waals surface area (Å²) in [5.41, 5.74) is 1.47. The summed E-state index contributed by atoms with van der Waals surface area (Å²) in [4.78, 5) is 2.22. The molecule has 0 spiro atoms. The molecule has 1 fully saturated rings. The third kappa shape index (κ3) is 6.93. The third-order valence-corrected chi connectivity index (χ3v) is 5.80. The van der Waals surface area contributed by atoms with Gasteiger partial charge in [-0.3, -0.25) is 4.90 Å². The van der Waals surface area contributed by atoms with Gasteiger partial charge in [0.15, 0.2) is 11.5 Å². The van der Waals surface area contributed by atoms with Crippen LogP contribution in [-0.2, 0) is 17.7 Å². The van der Waals surface area contributed by atoms with Gasteiger partial charge in [0.05, 0.1) is 27.4 Å². The van der Waals surface area contributed by atoms with Gasteiger partial charge in [-0.2, -0.15) is 0 Å². The first-order valence-electron chi connectivity index (χ1n) is 11.2. The zero-order chi connectivity index (χ0) is 21.8. The first-order chi connectivity index (χ1) is 14.6. The Hall–Kier alpha value is -1.70. The number of unbranched alkanes of at least 4 members (excludes halogenated alkanes) is 7. The second-order valence-electron chi connectivity index (χ2n) is 7.91. The first kappa shape index (κ1) is 24.6. The normalized spacial score (nSPS) is 14.8. The van der Waals surface area contributed by atoms with E-state index in [-0.39, 0.29) is 29.6 Å². The minimum absolute atomic E-state index is 0.0533. The van der Waals surface area contributed by atoms with Gasteiger partial charge in [0.2, 0.25) is 11.5 Å². The van der Waals surface area contributed by atoms with Crippen LogP contribution in [-0.4, -0.2) is 67.3 Å². The smallest absolute Gasteiger partial charge is 0.207 e. The Bertz CT molecular complexity index is 631. The Labute approximate surface area is 180 Å². The van der Waals surface area contributed by atoms with E-state index < -0.39 is 0 Å². The molecule has 1 aromatic carbocycles. The van der Waals surface area contributed by atoms with Gasteiger partial charge in [0, 0.05) is 37.4 Å². The number of ether oxygens (including phenoxy) is 3. The maximum absolute atomic E-state index is 10.9. The molecule has 2 rings (SSSR count). The predicted octanol–water partition coefficient (Wildman–Crippen LogP) is 3.60. The Morgan fingerprint density at radius 2 is 1.27 bits per heavy atom. The van der Waals surface area contributed by atoms with Crippen LogP contribution in [0.2, 0.25) is 0 Å². The van der Waals surface area contributed by atoms with E-state index >= 15 is 0 Å². The number of rotatable bonds is 14. The molecule has 0 atom stereocenters. The number of aliphatic hydroxyl groups excluding tert-OH is 1. The lowest BCUT2D eigenvalue weighted by atomic mass is 9.96. The van der Waals surface area contributed by atoms with Crippen LogP contribution in [0.5, 0.6) is 23.0 Å². The molecular formula is C23H39NO6. The molecule has 1 aromatic rings. The van der Waals surface area contributed by atoms with E-state index in [4.69, 9.17) is 19.3 Å². The Balaban J connectivity index is 2.03. The third-order valence-electron chi connectivity index (χ3n) is 5.80. The maximum Gasteiger partial charge on any atom is 0.207 e. The van der Waals surface area contributed by atoms with Crippen LogP contribution in [0.4, 0.5) is 0 Å². The molecule has 1 heterocycles. The summed E-state index contributed by atoms with van der Waals surface area (Å²) in [5.74, 6) is 0.501. The number of aromatic hydroxyl groups is 2. The largest absolute Gasteiger partial charge is 0.504 e. The highest BCUT2D eigenvalue weighted by atomic mass is 16.5. The minimum atomic E-state index is 0.0533. The maximum atomic E-state index is 10.9. The topological polar surface area (TPSA) is 91.6 Å². The fourth-order valence-corrected chi connectivity index (χ4v) is 4.05. The predicted molar refractivity (Wildman–Crippen MR) is 117 cm³/mol. The van der Waals surface area contributed by atoms with Crippen molar-refractivity contribution in [2.24, 2.45) is 0 Å². The summed E-state index contributed by atoms with van der Waals surface area (Å²) in [5, 5.41) is 30.6. The summed E-state index contributed by atoms with van der Waals surface area (Å²) in [6.07, 6.45) is 9.41. The molecule has 30 heavy (non-hydrogen) atoms. The van der Waals surface area contributed by atoms with Crippen LogP contribution in [0.15, 0.2) is 0 Å². The van der Waals surface area contributed by atoms with Gasteiger partial charge in [0.1, 0.15) is 0 Å². The van der Waals surface area contributed by atoms with Crippen molar-refractivity contribution in [2.45, 2.75) is 64.3 Å². The molecule has 0 saturated carbocycles. The number of aliphatic hydroxyl groups is 1. The van der Waals surface area contributed by atoms with Crippen LogP contribution in [0.3, 0.4) is 0 Å². The van der Waals surface area contributed by atoms with Crippen molar-refractivity contribution in [1.82, 2.24) is 4.90 Å². The van der Waals surface area contributed by atoms with Crippen molar-refractivity contribution in [2.75, 3.05) is 47.1 Å². The number of phenolic OH excluding ortho intramolecular Hbond substituents is 2. The number of hydrogen-bond acceptors (Lipinski definition) is 7.